The molecule has 3 rings (SSSR count). The summed E-state index contributed by atoms with van der Waals surface area (Å²) in [7, 11) is 1.65. The van der Waals surface area contributed by atoms with Crippen LogP contribution in [0.3, 0.4) is 0 Å². The second-order valence-corrected chi connectivity index (χ2v) is 7.88. The highest BCUT2D eigenvalue weighted by atomic mass is 16.5. The molecular weight excluding hydrogens is 364 g/mol. The van der Waals surface area contributed by atoms with Crippen molar-refractivity contribution >= 4 is 11.5 Å². The maximum atomic E-state index is 10.9. The Hall–Kier alpha value is -3.27. The molecule has 1 N–H and O–H groups in total. The molecule has 0 radical (unpaired) electrons. The van der Waals surface area contributed by atoms with Gasteiger partial charge in [-0.15, -0.1) is 0 Å². The van der Waals surface area contributed by atoms with Gasteiger partial charge in [0.15, 0.2) is 0 Å². The van der Waals surface area contributed by atoms with Crippen molar-refractivity contribution in [2.24, 2.45) is 5.41 Å². The maximum Gasteiger partial charge on any atom is 0.328 e. The van der Waals surface area contributed by atoms with Gasteiger partial charge in [-0.1, -0.05) is 50.3 Å². The molecule has 0 fully saturated rings. The van der Waals surface area contributed by atoms with Crippen LogP contribution in [0, 0.1) is 5.41 Å². The van der Waals surface area contributed by atoms with Crippen LogP contribution in [0.1, 0.15) is 26.3 Å². The lowest BCUT2D eigenvalue weighted by atomic mass is 9.89. The molecule has 4 heteroatoms. The van der Waals surface area contributed by atoms with E-state index in [9.17, 15) is 4.79 Å². The molecule has 1 aliphatic heterocycles. The van der Waals surface area contributed by atoms with Gasteiger partial charge < -0.3 is 14.6 Å². The van der Waals surface area contributed by atoms with E-state index < -0.39 is 5.97 Å². The molecule has 0 saturated heterocycles. The molecule has 0 unspecified atom stereocenters. The SMILES string of the molecule is COc1ccc(-c2ccc3c(c2)C(/C=C/C(C)=C/C(=O)O)=CC(C)(C)CO3)cc1. The predicted molar refractivity (Wildman–Crippen MR) is 116 cm³/mol. The third kappa shape index (κ3) is 5.17. The van der Waals surface area contributed by atoms with E-state index in [0.717, 1.165) is 33.8 Å². The van der Waals surface area contributed by atoms with Crippen LogP contribution in [0.5, 0.6) is 11.5 Å². The highest BCUT2D eigenvalue weighted by molar-refractivity contribution is 5.84. The van der Waals surface area contributed by atoms with Crippen LogP contribution >= 0.6 is 0 Å². The molecule has 1 aliphatic rings. The van der Waals surface area contributed by atoms with E-state index in [0.29, 0.717) is 12.2 Å². The number of hydrogen-bond acceptors (Lipinski definition) is 3. The van der Waals surface area contributed by atoms with Gasteiger partial charge >= 0.3 is 5.97 Å². The number of rotatable bonds is 5. The van der Waals surface area contributed by atoms with Crippen LogP contribution in [0.2, 0.25) is 0 Å². The van der Waals surface area contributed by atoms with E-state index in [-0.39, 0.29) is 5.41 Å². The molecule has 2 aromatic carbocycles. The average molecular weight is 390 g/mol. The fourth-order valence-corrected chi connectivity index (χ4v) is 3.25. The molecule has 150 valence electrons. The van der Waals surface area contributed by atoms with Gasteiger partial charge in [-0.05, 0) is 53.5 Å². The number of ether oxygens (including phenoxy) is 2. The van der Waals surface area contributed by atoms with E-state index >= 15 is 0 Å². The number of methoxy groups -OCH3 is 1. The molecule has 0 aromatic heterocycles. The molecule has 0 spiro atoms. The van der Waals surface area contributed by atoms with Gasteiger partial charge in [0, 0.05) is 17.1 Å². The zero-order valence-corrected chi connectivity index (χ0v) is 17.2. The number of aliphatic carboxylic acids is 1. The van der Waals surface area contributed by atoms with Gasteiger partial charge in [0.2, 0.25) is 0 Å². The molecule has 0 amide bonds. The van der Waals surface area contributed by atoms with E-state index in [1.807, 2.05) is 42.5 Å². The number of fused-ring (bicyclic) bond motifs is 1. The fraction of sp³-hybridized carbons (Fsp3) is 0.240. The second kappa shape index (κ2) is 8.39. The maximum absolute atomic E-state index is 10.9. The van der Waals surface area contributed by atoms with E-state index in [1.165, 1.54) is 6.08 Å². The summed E-state index contributed by atoms with van der Waals surface area (Å²) in [4.78, 5) is 10.9. The van der Waals surface area contributed by atoms with E-state index in [1.54, 1.807) is 14.0 Å². The van der Waals surface area contributed by atoms with Crippen molar-refractivity contribution in [1.82, 2.24) is 0 Å². The monoisotopic (exact) mass is 390 g/mol. The summed E-state index contributed by atoms with van der Waals surface area (Å²) in [5, 5.41) is 8.95. The van der Waals surface area contributed by atoms with Gasteiger partial charge in [0.1, 0.15) is 11.5 Å². The van der Waals surface area contributed by atoms with Crippen molar-refractivity contribution in [2.45, 2.75) is 20.8 Å². The van der Waals surface area contributed by atoms with Crippen LogP contribution in [0.15, 0.2) is 72.3 Å². The minimum absolute atomic E-state index is 0.149. The van der Waals surface area contributed by atoms with Gasteiger partial charge in [-0.25, -0.2) is 4.79 Å². The van der Waals surface area contributed by atoms with Crippen molar-refractivity contribution < 1.29 is 19.4 Å². The van der Waals surface area contributed by atoms with Gasteiger partial charge in [0.05, 0.1) is 13.7 Å². The first kappa shape index (κ1) is 20.5. The van der Waals surface area contributed by atoms with Crippen molar-refractivity contribution in [3.05, 3.63) is 77.9 Å². The quantitative estimate of drug-likeness (QED) is 0.522. The number of benzene rings is 2. The Labute approximate surface area is 171 Å². The largest absolute Gasteiger partial charge is 0.497 e. The van der Waals surface area contributed by atoms with Gasteiger partial charge in [0.25, 0.3) is 0 Å². The Bertz CT molecular complexity index is 992. The first-order valence-corrected chi connectivity index (χ1v) is 9.51. The molecule has 4 nitrogen and oxygen atoms in total. The van der Waals surface area contributed by atoms with E-state index in [2.05, 4.69) is 32.1 Å². The van der Waals surface area contributed by atoms with Crippen molar-refractivity contribution in [2.75, 3.05) is 13.7 Å². The summed E-state index contributed by atoms with van der Waals surface area (Å²) >= 11 is 0. The third-order valence-electron chi connectivity index (χ3n) is 4.74. The normalized spacial score (nSPS) is 15.9. The molecule has 2 aromatic rings. The molecule has 1 heterocycles. The summed E-state index contributed by atoms with van der Waals surface area (Å²) < 4.78 is 11.3. The van der Waals surface area contributed by atoms with E-state index in [4.69, 9.17) is 14.6 Å². The third-order valence-corrected chi connectivity index (χ3v) is 4.74. The summed E-state index contributed by atoms with van der Waals surface area (Å²) in [6.07, 6.45) is 7.16. The molecule has 29 heavy (non-hydrogen) atoms. The van der Waals surface area contributed by atoms with Gasteiger partial charge in [-0.2, -0.15) is 0 Å². The smallest absolute Gasteiger partial charge is 0.328 e. The Morgan fingerprint density at radius 2 is 1.83 bits per heavy atom. The summed E-state index contributed by atoms with van der Waals surface area (Å²) in [5.74, 6) is 0.689. The molecule has 0 bridgehead atoms. The highest BCUT2D eigenvalue weighted by Crippen LogP contribution is 2.38. The molecular formula is C25H26O4. The summed E-state index contributed by atoms with van der Waals surface area (Å²) in [5.41, 5.74) is 4.69. The minimum atomic E-state index is -0.951. The first-order valence-electron chi connectivity index (χ1n) is 9.51. The Morgan fingerprint density at radius 3 is 2.48 bits per heavy atom. The lowest BCUT2D eigenvalue weighted by Gasteiger charge is -2.18. The summed E-state index contributed by atoms with van der Waals surface area (Å²) in [6, 6.07) is 14.1. The minimum Gasteiger partial charge on any atom is -0.497 e. The van der Waals surface area contributed by atoms with Crippen molar-refractivity contribution in [3.63, 3.8) is 0 Å². The number of allylic oxidation sites excluding steroid dienone is 4. The number of carboxylic acid groups (broad SMARTS) is 1. The number of hydrogen-bond donors (Lipinski definition) is 1. The molecule has 0 atom stereocenters. The highest BCUT2D eigenvalue weighted by Gasteiger charge is 2.23. The topological polar surface area (TPSA) is 55.8 Å². The lowest BCUT2D eigenvalue weighted by molar-refractivity contribution is -0.131. The zero-order valence-electron chi connectivity index (χ0n) is 17.2. The molecule has 0 aliphatic carbocycles. The first-order chi connectivity index (χ1) is 13.8. The Morgan fingerprint density at radius 1 is 1.14 bits per heavy atom. The van der Waals surface area contributed by atoms with Crippen LogP contribution in [-0.4, -0.2) is 24.8 Å². The van der Waals surface area contributed by atoms with Crippen LogP contribution in [-0.2, 0) is 4.79 Å². The lowest BCUT2D eigenvalue weighted by Crippen LogP contribution is -2.17. The van der Waals surface area contributed by atoms with Crippen molar-refractivity contribution in [3.8, 4) is 22.6 Å². The second-order valence-electron chi connectivity index (χ2n) is 7.88. The van der Waals surface area contributed by atoms with Crippen molar-refractivity contribution in [1.29, 1.82) is 0 Å². The average Bonchev–Trinajstić information content (AvgIpc) is 2.81. The standard InChI is InChI=1S/C25H26O4/c1-17(13-24(26)27)5-6-20-15-25(2,3)16-29-23-12-9-19(14-22(20)23)18-7-10-21(28-4)11-8-18/h5-15H,16H2,1-4H3,(H,26,27)/b6-5+,17-13+. The Kier molecular flexibility index (Phi) is 5.92. The number of carbonyl (C=O) groups is 1. The Balaban J connectivity index is 2.05. The zero-order chi connectivity index (χ0) is 21.0. The van der Waals surface area contributed by atoms with Crippen LogP contribution in [0.4, 0.5) is 0 Å². The predicted octanol–water partition coefficient (Wildman–Crippen LogP) is 5.75. The number of carboxylic acids is 1. The van der Waals surface area contributed by atoms with Crippen LogP contribution in [0.25, 0.3) is 16.7 Å². The molecule has 0 saturated carbocycles. The van der Waals surface area contributed by atoms with Crippen LogP contribution < -0.4 is 9.47 Å². The van der Waals surface area contributed by atoms with Gasteiger partial charge in [-0.3, -0.25) is 0 Å². The summed E-state index contributed by atoms with van der Waals surface area (Å²) in [6.45, 7) is 6.59. The fourth-order valence-electron chi connectivity index (χ4n) is 3.25.